The van der Waals surface area contributed by atoms with Crippen LogP contribution in [0.1, 0.15) is 15.9 Å². The number of hydrogen-bond donors (Lipinski definition) is 0. The zero-order valence-corrected chi connectivity index (χ0v) is 8.96. The van der Waals surface area contributed by atoms with Gasteiger partial charge in [-0.25, -0.2) is 4.79 Å². The van der Waals surface area contributed by atoms with E-state index in [0.717, 1.165) is 0 Å². The fourth-order valence-electron chi connectivity index (χ4n) is 1.11. The van der Waals surface area contributed by atoms with E-state index in [9.17, 15) is 4.79 Å². The SMILES string of the molecule is COC(=O)c1c(Cl)cc(C#N)cc1OC. The molecule has 0 amide bonds. The lowest BCUT2D eigenvalue weighted by Gasteiger charge is -2.08. The van der Waals surface area contributed by atoms with Crippen molar-refractivity contribution in [2.24, 2.45) is 0 Å². The van der Waals surface area contributed by atoms with E-state index in [-0.39, 0.29) is 16.3 Å². The van der Waals surface area contributed by atoms with Crippen molar-refractivity contribution in [1.82, 2.24) is 0 Å². The lowest BCUT2D eigenvalue weighted by molar-refractivity contribution is 0.0597. The van der Waals surface area contributed by atoms with Gasteiger partial charge in [-0.1, -0.05) is 11.6 Å². The first-order valence-corrected chi connectivity index (χ1v) is 4.37. The number of rotatable bonds is 2. The molecule has 0 atom stereocenters. The smallest absolute Gasteiger partial charge is 0.343 e. The van der Waals surface area contributed by atoms with E-state index in [1.54, 1.807) is 0 Å². The number of carbonyl (C=O) groups excluding carboxylic acids is 1. The number of nitrogens with zero attached hydrogens (tertiary/aromatic N) is 1. The molecule has 0 heterocycles. The summed E-state index contributed by atoms with van der Waals surface area (Å²) in [6, 6.07) is 4.72. The van der Waals surface area contributed by atoms with Crippen molar-refractivity contribution in [3.63, 3.8) is 0 Å². The molecular weight excluding hydrogens is 218 g/mol. The minimum Gasteiger partial charge on any atom is -0.496 e. The first-order chi connectivity index (χ1) is 7.13. The molecule has 0 saturated carbocycles. The second-order valence-corrected chi connectivity index (χ2v) is 3.05. The van der Waals surface area contributed by atoms with Crippen LogP contribution in [-0.4, -0.2) is 20.2 Å². The summed E-state index contributed by atoms with van der Waals surface area (Å²) in [5.74, 6) is -0.368. The van der Waals surface area contributed by atoms with Gasteiger partial charge in [0.1, 0.15) is 11.3 Å². The molecule has 0 fully saturated rings. The van der Waals surface area contributed by atoms with Gasteiger partial charge < -0.3 is 9.47 Å². The molecule has 0 aromatic heterocycles. The molecular formula is C10H8ClNO3. The monoisotopic (exact) mass is 225 g/mol. The van der Waals surface area contributed by atoms with Crippen molar-refractivity contribution in [3.8, 4) is 11.8 Å². The maximum Gasteiger partial charge on any atom is 0.343 e. The van der Waals surface area contributed by atoms with Crippen LogP contribution in [0.4, 0.5) is 0 Å². The minimum atomic E-state index is -0.596. The highest BCUT2D eigenvalue weighted by Gasteiger charge is 2.18. The molecule has 0 spiro atoms. The van der Waals surface area contributed by atoms with E-state index in [1.807, 2.05) is 6.07 Å². The van der Waals surface area contributed by atoms with Gasteiger partial charge in [-0.3, -0.25) is 0 Å². The number of halogens is 1. The van der Waals surface area contributed by atoms with E-state index in [0.29, 0.717) is 5.56 Å². The summed E-state index contributed by atoms with van der Waals surface area (Å²) in [5, 5.41) is 8.83. The second-order valence-electron chi connectivity index (χ2n) is 2.64. The molecule has 5 heteroatoms. The van der Waals surface area contributed by atoms with Crippen LogP contribution in [0.2, 0.25) is 5.02 Å². The van der Waals surface area contributed by atoms with E-state index in [1.165, 1.54) is 26.4 Å². The number of carbonyl (C=O) groups is 1. The zero-order chi connectivity index (χ0) is 11.4. The number of nitriles is 1. The fourth-order valence-corrected chi connectivity index (χ4v) is 1.39. The Hall–Kier alpha value is -1.73. The average Bonchev–Trinajstić information content (AvgIpc) is 2.26. The molecule has 0 unspecified atom stereocenters. The zero-order valence-electron chi connectivity index (χ0n) is 8.20. The predicted molar refractivity (Wildman–Crippen MR) is 54.1 cm³/mol. The molecule has 15 heavy (non-hydrogen) atoms. The Morgan fingerprint density at radius 1 is 1.47 bits per heavy atom. The third kappa shape index (κ3) is 2.20. The standard InChI is InChI=1S/C10H8ClNO3/c1-14-8-4-6(5-12)3-7(11)9(8)10(13)15-2/h3-4H,1-2H3. The minimum absolute atomic E-state index is 0.126. The first kappa shape index (κ1) is 11.3. The quantitative estimate of drug-likeness (QED) is 0.723. The Kier molecular flexibility index (Phi) is 3.53. The van der Waals surface area contributed by atoms with Crippen LogP contribution in [0, 0.1) is 11.3 Å². The van der Waals surface area contributed by atoms with Crippen LogP contribution in [0.3, 0.4) is 0 Å². The highest BCUT2D eigenvalue weighted by Crippen LogP contribution is 2.28. The van der Waals surface area contributed by atoms with Crippen LogP contribution >= 0.6 is 11.6 Å². The molecule has 4 nitrogen and oxygen atoms in total. The highest BCUT2D eigenvalue weighted by atomic mass is 35.5. The lowest BCUT2D eigenvalue weighted by Crippen LogP contribution is -2.05. The Morgan fingerprint density at radius 3 is 2.60 bits per heavy atom. The van der Waals surface area contributed by atoms with E-state index in [4.69, 9.17) is 21.6 Å². The van der Waals surface area contributed by atoms with Gasteiger partial charge in [-0.05, 0) is 12.1 Å². The Balaban J connectivity index is 3.39. The van der Waals surface area contributed by atoms with Crippen LogP contribution < -0.4 is 4.74 Å². The molecule has 0 aliphatic rings. The highest BCUT2D eigenvalue weighted by molar-refractivity contribution is 6.34. The van der Waals surface area contributed by atoms with Crippen LogP contribution in [0.15, 0.2) is 12.1 Å². The summed E-state index contributed by atoms with van der Waals surface area (Å²) in [4.78, 5) is 11.3. The number of methoxy groups -OCH3 is 2. The van der Waals surface area contributed by atoms with Gasteiger partial charge in [-0.2, -0.15) is 5.26 Å². The summed E-state index contributed by atoms with van der Waals surface area (Å²) >= 11 is 5.83. The van der Waals surface area contributed by atoms with Gasteiger partial charge in [0.25, 0.3) is 0 Å². The van der Waals surface area contributed by atoms with Gasteiger partial charge in [0.15, 0.2) is 0 Å². The molecule has 0 aliphatic heterocycles. The average molecular weight is 226 g/mol. The first-order valence-electron chi connectivity index (χ1n) is 4.00. The molecule has 0 radical (unpaired) electrons. The maximum absolute atomic E-state index is 11.3. The molecule has 1 rings (SSSR count). The largest absolute Gasteiger partial charge is 0.496 e. The van der Waals surface area contributed by atoms with Gasteiger partial charge in [0.05, 0.1) is 30.9 Å². The molecule has 0 N–H and O–H groups in total. The fraction of sp³-hybridized carbons (Fsp3) is 0.200. The third-order valence-corrected chi connectivity index (χ3v) is 2.09. The van der Waals surface area contributed by atoms with Gasteiger partial charge in [0, 0.05) is 0 Å². The second kappa shape index (κ2) is 4.67. The summed E-state index contributed by atoms with van der Waals surface area (Å²) < 4.78 is 9.50. The van der Waals surface area contributed by atoms with Crippen molar-refractivity contribution in [2.45, 2.75) is 0 Å². The van der Waals surface area contributed by atoms with Crippen molar-refractivity contribution in [1.29, 1.82) is 5.26 Å². The Morgan fingerprint density at radius 2 is 2.13 bits per heavy atom. The lowest BCUT2D eigenvalue weighted by atomic mass is 10.1. The van der Waals surface area contributed by atoms with Gasteiger partial charge >= 0.3 is 5.97 Å². The third-order valence-electron chi connectivity index (χ3n) is 1.79. The Labute approximate surface area is 92.0 Å². The van der Waals surface area contributed by atoms with E-state index >= 15 is 0 Å². The van der Waals surface area contributed by atoms with E-state index in [2.05, 4.69) is 4.74 Å². The summed E-state index contributed by atoms with van der Waals surface area (Å²) in [6.45, 7) is 0. The van der Waals surface area contributed by atoms with Crippen molar-refractivity contribution >= 4 is 17.6 Å². The molecule has 78 valence electrons. The Bertz CT molecular complexity index is 437. The number of hydrogen-bond acceptors (Lipinski definition) is 4. The summed E-state index contributed by atoms with van der Waals surface area (Å²) in [6.07, 6.45) is 0. The molecule has 1 aromatic carbocycles. The number of benzene rings is 1. The normalized spacial score (nSPS) is 9.20. The molecule has 1 aromatic rings. The number of ether oxygens (including phenoxy) is 2. The predicted octanol–water partition coefficient (Wildman–Crippen LogP) is 2.01. The van der Waals surface area contributed by atoms with Gasteiger partial charge in [0.2, 0.25) is 0 Å². The maximum atomic E-state index is 11.3. The van der Waals surface area contributed by atoms with Crippen molar-refractivity contribution in [2.75, 3.05) is 14.2 Å². The van der Waals surface area contributed by atoms with Crippen LogP contribution in [0.25, 0.3) is 0 Å². The van der Waals surface area contributed by atoms with Crippen LogP contribution in [0.5, 0.6) is 5.75 Å². The molecule has 0 aliphatic carbocycles. The topological polar surface area (TPSA) is 59.3 Å². The van der Waals surface area contributed by atoms with E-state index < -0.39 is 5.97 Å². The van der Waals surface area contributed by atoms with Gasteiger partial charge in [-0.15, -0.1) is 0 Å². The summed E-state index contributed by atoms with van der Waals surface area (Å²) in [5.41, 5.74) is 0.449. The van der Waals surface area contributed by atoms with Crippen molar-refractivity contribution in [3.05, 3.63) is 28.3 Å². The van der Waals surface area contributed by atoms with Crippen LogP contribution in [-0.2, 0) is 4.74 Å². The summed E-state index contributed by atoms with van der Waals surface area (Å²) in [7, 11) is 2.63. The molecule has 0 saturated heterocycles. The van der Waals surface area contributed by atoms with Crippen molar-refractivity contribution < 1.29 is 14.3 Å². The number of esters is 1. The molecule has 0 bridgehead atoms.